The Bertz CT molecular complexity index is 537. The van der Waals surface area contributed by atoms with E-state index in [9.17, 15) is 9.59 Å². The maximum absolute atomic E-state index is 12.2. The molecule has 1 heterocycles. The van der Waals surface area contributed by atoms with Crippen molar-refractivity contribution in [1.29, 1.82) is 0 Å². The van der Waals surface area contributed by atoms with E-state index in [4.69, 9.17) is 11.6 Å². The number of benzene rings is 1. The molecule has 1 amide bonds. The van der Waals surface area contributed by atoms with Gasteiger partial charge < -0.3 is 5.32 Å². The van der Waals surface area contributed by atoms with Crippen LogP contribution in [0.15, 0.2) is 36.2 Å². The quantitative estimate of drug-likeness (QED) is 0.688. The minimum atomic E-state index is -0.139. The van der Waals surface area contributed by atoms with Crippen molar-refractivity contribution >= 4 is 23.3 Å². The van der Waals surface area contributed by atoms with Gasteiger partial charge in [0, 0.05) is 36.2 Å². The maximum Gasteiger partial charge on any atom is 0.227 e. The second-order valence-electron chi connectivity index (χ2n) is 4.58. The Hall–Kier alpha value is -1.81. The molecule has 1 fully saturated rings. The molecule has 1 aromatic rings. The van der Waals surface area contributed by atoms with Gasteiger partial charge in [-0.2, -0.15) is 0 Å². The van der Waals surface area contributed by atoms with Crippen molar-refractivity contribution in [2.45, 2.75) is 19.8 Å². The smallest absolute Gasteiger partial charge is 0.227 e. The highest BCUT2D eigenvalue weighted by Crippen LogP contribution is 2.14. The van der Waals surface area contributed by atoms with Gasteiger partial charge >= 0.3 is 0 Å². The Morgan fingerprint density at radius 1 is 1.35 bits per heavy atom. The fourth-order valence-corrected chi connectivity index (χ4v) is 2.20. The third kappa shape index (κ3) is 3.39. The number of nitrogens with one attached hydrogen (secondary N) is 1. The summed E-state index contributed by atoms with van der Waals surface area (Å²) in [7, 11) is 0. The van der Waals surface area contributed by atoms with Crippen molar-refractivity contribution in [3.8, 4) is 0 Å². The second kappa shape index (κ2) is 6.57. The van der Waals surface area contributed by atoms with Gasteiger partial charge in [-0.15, -0.1) is 0 Å². The molecular weight excluding hydrogens is 276 g/mol. The lowest BCUT2D eigenvalue weighted by Gasteiger charge is -2.30. The van der Waals surface area contributed by atoms with Crippen LogP contribution in [0.3, 0.4) is 0 Å². The van der Waals surface area contributed by atoms with Crippen molar-refractivity contribution in [2.75, 3.05) is 13.1 Å². The number of hydrogen-bond acceptors (Lipinski definition) is 3. The Labute approximate surface area is 123 Å². The highest BCUT2D eigenvalue weighted by Gasteiger charge is 2.20. The van der Waals surface area contributed by atoms with Crippen LogP contribution in [0.25, 0.3) is 0 Å². The summed E-state index contributed by atoms with van der Waals surface area (Å²) in [5.41, 5.74) is 0.554. The van der Waals surface area contributed by atoms with E-state index in [-0.39, 0.29) is 11.7 Å². The molecule has 0 aliphatic carbocycles. The van der Waals surface area contributed by atoms with Gasteiger partial charge in [-0.25, -0.2) is 0 Å². The van der Waals surface area contributed by atoms with E-state index in [0.717, 1.165) is 13.0 Å². The van der Waals surface area contributed by atoms with E-state index < -0.39 is 0 Å². The summed E-state index contributed by atoms with van der Waals surface area (Å²) in [6.07, 6.45) is 2.79. The minimum absolute atomic E-state index is 0.0207. The van der Waals surface area contributed by atoms with Gasteiger partial charge in [0.1, 0.15) is 5.82 Å². The molecule has 20 heavy (non-hydrogen) atoms. The van der Waals surface area contributed by atoms with E-state index in [0.29, 0.717) is 29.4 Å². The average molecular weight is 293 g/mol. The molecule has 0 radical (unpaired) electrons. The van der Waals surface area contributed by atoms with Crippen LogP contribution in [-0.2, 0) is 4.79 Å². The second-order valence-corrected chi connectivity index (χ2v) is 5.02. The topological polar surface area (TPSA) is 49.4 Å². The summed E-state index contributed by atoms with van der Waals surface area (Å²) < 4.78 is 0. The van der Waals surface area contributed by atoms with Crippen molar-refractivity contribution < 1.29 is 9.59 Å². The van der Waals surface area contributed by atoms with E-state index in [1.165, 1.54) is 6.08 Å². The number of halogens is 1. The van der Waals surface area contributed by atoms with Crippen molar-refractivity contribution in [2.24, 2.45) is 0 Å². The first-order chi connectivity index (χ1) is 9.61. The Kier molecular flexibility index (Phi) is 4.79. The predicted molar refractivity (Wildman–Crippen MR) is 78.5 cm³/mol. The van der Waals surface area contributed by atoms with E-state index in [2.05, 4.69) is 5.32 Å². The van der Waals surface area contributed by atoms with Crippen LogP contribution in [0.2, 0.25) is 5.02 Å². The molecule has 0 bridgehead atoms. The zero-order chi connectivity index (χ0) is 14.5. The first-order valence-electron chi connectivity index (χ1n) is 6.67. The normalized spacial score (nSPS) is 16.9. The molecule has 5 heteroatoms. The Morgan fingerprint density at radius 2 is 2.05 bits per heavy atom. The van der Waals surface area contributed by atoms with Crippen molar-refractivity contribution in [3.63, 3.8) is 0 Å². The van der Waals surface area contributed by atoms with Crippen LogP contribution in [0, 0.1) is 0 Å². The fourth-order valence-electron chi connectivity index (χ4n) is 2.07. The molecule has 1 saturated heterocycles. The molecule has 1 aliphatic heterocycles. The van der Waals surface area contributed by atoms with Gasteiger partial charge in [-0.05, 0) is 30.7 Å². The lowest BCUT2D eigenvalue weighted by molar-refractivity contribution is -0.129. The number of allylic oxidation sites excluding steroid dienone is 1. The van der Waals surface area contributed by atoms with Crippen LogP contribution < -0.4 is 5.32 Å². The zero-order valence-electron chi connectivity index (χ0n) is 11.4. The van der Waals surface area contributed by atoms with Crippen molar-refractivity contribution in [3.05, 3.63) is 46.7 Å². The number of carbonyl (C=O) groups is 2. The molecule has 106 valence electrons. The van der Waals surface area contributed by atoms with Gasteiger partial charge in [0.05, 0.1) is 0 Å². The van der Waals surface area contributed by atoms with Crippen LogP contribution in [0.4, 0.5) is 0 Å². The van der Waals surface area contributed by atoms with Gasteiger partial charge in [0.25, 0.3) is 0 Å². The number of hydrogen-bond donors (Lipinski definition) is 1. The number of nitrogens with zero attached hydrogens (tertiary/aromatic N) is 1. The van der Waals surface area contributed by atoms with Crippen LogP contribution in [0.1, 0.15) is 30.1 Å². The molecule has 1 N–H and O–H groups in total. The molecule has 0 unspecified atom stereocenters. The standard InChI is InChI=1S/C15H17ClN2O2/c1-2-15(20)18-9-3-8-17-14(18)10-13(19)11-4-6-12(16)7-5-11/h4-7,10,17H,2-3,8-9H2,1H3/b14-10+. The highest BCUT2D eigenvalue weighted by molar-refractivity contribution is 6.30. The largest absolute Gasteiger partial charge is 0.371 e. The zero-order valence-corrected chi connectivity index (χ0v) is 12.1. The van der Waals surface area contributed by atoms with Crippen LogP contribution >= 0.6 is 11.6 Å². The highest BCUT2D eigenvalue weighted by atomic mass is 35.5. The molecule has 0 aromatic heterocycles. The third-order valence-electron chi connectivity index (χ3n) is 3.16. The summed E-state index contributed by atoms with van der Waals surface area (Å²) in [4.78, 5) is 25.7. The van der Waals surface area contributed by atoms with Crippen LogP contribution in [-0.4, -0.2) is 29.7 Å². The first-order valence-corrected chi connectivity index (χ1v) is 7.05. The number of carbonyl (C=O) groups excluding carboxylic acids is 2. The maximum atomic E-state index is 12.2. The summed E-state index contributed by atoms with van der Waals surface area (Å²) in [5.74, 6) is 0.468. The van der Waals surface area contributed by atoms with E-state index >= 15 is 0 Å². The lowest BCUT2D eigenvalue weighted by Crippen LogP contribution is -2.43. The first kappa shape index (κ1) is 14.6. The number of amides is 1. The van der Waals surface area contributed by atoms with Crippen LogP contribution in [0.5, 0.6) is 0 Å². The van der Waals surface area contributed by atoms with E-state index in [1.54, 1.807) is 29.2 Å². The van der Waals surface area contributed by atoms with Gasteiger partial charge in [-0.1, -0.05) is 18.5 Å². The Morgan fingerprint density at radius 3 is 2.70 bits per heavy atom. The number of rotatable bonds is 3. The predicted octanol–water partition coefficient (Wildman–Crippen LogP) is 2.60. The molecule has 1 aliphatic rings. The summed E-state index contributed by atoms with van der Waals surface area (Å²) in [6, 6.07) is 6.71. The summed E-state index contributed by atoms with van der Waals surface area (Å²) >= 11 is 5.80. The SMILES string of the molecule is CCC(=O)N1CCCN/C1=C\C(=O)c1ccc(Cl)cc1. The molecule has 4 nitrogen and oxygen atoms in total. The molecule has 1 aromatic carbocycles. The number of ketones is 1. The molecule has 0 atom stereocenters. The monoisotopic (exact) mass is 292 g/mol. The molecule has 0 saturated carbocycles. The van der Waals surface area contributed by atoms with Gasteiger partial charge in [0.15, 0.2) is 5.78 Å². The minimum Gasteiger partial charge on any atom is -0.371 e. The third-order valence-corrected chi connectivity index (χ3v) is 3.41. The average Bonchev–Trinajstić information content (AvgIpc) is 2.47. The summed E-state index contributed by atoms with van der Waals surface area (Å²) in [6.45, 7) is 3.24. The van der Waals surface area contributed by atoms with Gasteiger partial charge in [-0.3, -0.25) is 14.5 Å². The van der Waals surface area contributed by atoms with Crippen molar-refractivity contribution in [1.82, 2.24) is 10.2 Å². The summed E-state index contributed by atoms with van der Waals surface area (Å²) in [5, 5.41) is 3.71. The fraction of sp³-hybridized carbons (Fsp3) is 0.333. The Balaban J connectivity index is 2.20. The lowest BCUT2D eigenvalue weighted by atomic mass is 10.1. The molecule has 0 spiro atoms. The molecule has 2 rings (SSSR count). The molecular formula is C15H17ClN2O2. The van der Waals surface area contributed by atoms with E-state index in [1.807, 2.05) is 6.92 Å². The van der Waals surface area contributed by atoms with Gasteiger partial charge in [0.2, 0.25) is 5.91 Å².